The Morgan fingerprint density at radius 1 is 0.974 bits per heavy atom. The Morgan fingerprint density at radius 2 is 1.64 bits per heavy atom. The van der Waals surface area contributed by atoms with Crippen LogP contribution in [0.2, 0.25) is 0 Å². The van der Waals surface area contributed by atoms with Crippen LogP contribution >= 0.6 is 0 Å². The van der Waals surface area contributed by atoms with Crippen molar-refractivity contribution in [2.45, 2.75) is 18.6 Å². The van der Waals surface area contributed by atoms with Gasteiger partial charge in [0.2, 0.25) is 11.4 Å². The van der Waals surface area contributed by atoms with Gasteiger partial charge >= 0.3 is 12.1 Å². The van der Waals surface area contributed by atoms with Crippen LogP contribution in [0.5, 0.6) is 11.6 Å². The highest BCUT2D eigenvalue weighted by atomic mass is 19.4. The lowest BCUT2D eigenvalue weighted by Crippen LogP contribution is -2.47. The summed E-state index contributed by atoms with van der Waals surface area (Å²) in [5.41, 5.74) is -2.76. The first-order chi connectivity index (χ1) is 18.7. The van der Waals surface area contributed by atoms with Gasteiger partial charge in [0, 0.05) is 5.69 Å². The molecule has 3 aromatic carbocycles. The summed E-state index contributed by atoms with van der Waals surface area (Å²) in [6.45, 7) is 1.88. The molecule has 0 unspecified atom stereocenters. The van der Waals surface area contributed by atoms with E-state index in [2.05, 4.69) is 15.4 Å². The fourth-order valence-electron chi connectivity index (χ4n) is 4.35. The quantitative estimate of drug-likeness (QED) is 0.332. The molecule has 0 amide bonds. The smallest absolute Gasteiger partial charge is 0.422 e. The van der Waals surface area contributed by atoms with Gasteiger partial charge in [-0.05, 0) is 48.9 Å². The largest absolute Gasteiger partial charge is 0.497 e. The molecule has 200 valence electrons. The van der Waals surface area contributed by atoms with Gasteiger partial charge in [-0.15, -0.1) is 0 Å². The van der Waals surface area contributed by atoms with Crippen LogP contribution < -0.4 is 14.8 Å². The molecule has 1 atom stereocenters. The number of hydrogen-bond donors (Lipinski definition) is 1. The van der Waals surface area contributed by atoms with Crippen molar-refractivity contribution in [3.05, 3.63) is 101 Å². The Hall–Kier alpha value is -4.80. The average Bonchev–Trinajstić information content (AvgIpc) is 3.33. The molecule has 0 bridgehead atoms. The second kappa shape index (κ2) is 9.82. The fourth-order valence-corrected chi connectivity index (χ4v) is 4.35. The van der Waals surface area contributed by atoms with Crippen LogP contribution in [0, 0.1) is 6.92 Å². The fraction of sp³-hybridized carbons (Fsp3) is 0.179. The van der Waals surface area contributed by atoms with Gasteiger partial charge in [0.15, 0.2) is 5.69 Å². The topological polar surface area (TPSA) is 87.0 Å². The highest BCUT2D eigenvalue weighted by Crippen LogP contribution is 2.54. The van der Waals surface area contributed by atoms with E-state index >= 15 is 13.2 Å². The second-order valence-corrected chi connectivity index (χ2v) is 8.71. The average molecular weight is 537 g/mol. The third-order valence-electron chi connectivity index (χ3n) is 6.27. The van der Waals surface area contributed by atoms with Crippen molar-refractivity contribution < 1.29 is 32.2 Å². The zero-order valence-corrected chi connectivity index (χ0v) is 21.1. The van der Waals surface area contributed by atoms with Gasteiger partial charge in [-0.1, -0.05) is 48.0 Å². The van der Waals surface area contributed by atoms with E-state index in [0.29, 0.717) is 17.1 Å². The number of ether oxygens (including phenoxy) is 3. The summed E-state index contributed by atoms with van der Waals surface area (Å²) in [6.07, 6.45) is -5.05. The number of halogens is 3. The zero-order valence-electron chi connectivity index (χ0n) is 21.1. The molecule has 0 saturated heterocycles. The molecular formula is C28H23F3N4O4. The summed E-state index contributed by atoms with van der Waals surface area (Å²) in [5.74, 6) is -1.06. The summed E-state index contributed by atoms with van der Waals surface area (Å²) in [6, 6.07) is 20.2. The molecule has 2 heterocycles. The van der Waals surface area contributed by atoms with E-state index in [1.54, 1.807) is 54.6 Å². The van der Waals surface area contributed by atoms with Crippen LogP contribution in [0.25, 0.3) is 5.69 Å². The first kappa shape index (κ1) is 25.8. The molecule has 5 rings (SSSR count). The zero-order chi connectivity index (χ0) is 27.8. The minimum absolute atomic E-state index is 0.277. The Kier molecular flexibility index (Phi) is 6.51. The van der Waals surface area contributed by atoms with Crippen molar-refractivity contribution in [3.63, 3.8) is 0 Å². The van der Waals surface area contributed by atoms with Crippen molar-refractivity contribution in [1.29, 1.82) is 0 Å². The molecule has 1 aliphatic rings. The molecule has 1 aromatic heterocycles. The van der Waals surface area contributed by atoms with Gasteiger partial charge in [0.05, 0.1) is 25.5 Å². The minimum atomic E-state index is -5.05. The third-order valence-corrected chi connectivity index (χ3v) is 6.27. The number of methoxy groups -OCH3 is 2. The summed E-state index contributed by atoms with van der Waals surface area (Å²) < 4.78 is 63.4. The number of alkyl halides is 3. The predicted octanol–water partition coefficient (Wildman–Crippen LogP) is 5.64. The number of aryl methyl sites for hydroxylation is 1. The van der Waals surface area contributed by atoms with Gasteiger partial charge < -0.3 is 19.5 Å². The Labute approximate surface area is 221 Å². The number of rotatable bonds is 5. The van der Waals surface area contributed by atoms with Gasteiger partial charge in [-0.25, -0.2) is 9.79 Å². The number of hydrogen-bond acceptors (Lipinski definition) is 7. The van der Waals surface area contributed by atoms with E-state index in [-0.39, 0.29) is 11.4 Å². The van der Waals surface area contributed by atoms with E-state index in [0.717, 1.165) is 17.4 Å². The predicted molar refractivity (Wildman–Crippen MR) is 138 cm³/mol. The number of fused-ring (bicyclic) bond motifs is 1. The van der Waals surface area contributed by atoms with Crippen molar-refractivity contribution >= 4 is 17.7 Å². The number of benzene rings is 3. The van der Waals surface area contributed by atoms with Crippen molar-refractivity contribution in [2.75, 3.05) is 19.5 Å². The maximum Gasteiger partial charge on any atom is 0.422 e. The Bertz CT molecular complexity index is 1530. The molecule has 11 heteroatoms. The lowest BCUT2D eigenvalue weighted by Gasteiger charge is -2.36. The monoisotopic (exact) mass is 536 g/mol. The van der Waals surface area contributed by atoms with Crippen LogP contribution in [0.3, 0.4) is 0 Å². The lowest BCUT2D eigenvalue weighted by atomic mass is 9.81. The molecular weight excluding hydrogens is 513 g/mol. The van der Waals surface area contributed by atoms with Crippen molar-refractivity contribution in [1.82, 2.24) is 9.78 Å². The van der Waals surface area contributed by atoms with E-state index < -0.39 is 35.0 Å². The first-order valence-electron chi connectivity index (χ1n) is 11.8. The number of anilines is 1. The molecule has 0 saturated carbocycles. The van der Waals surface area contributed by atoms with E-state index in [4.69, 9.17) is 14.2 Å². The highest BCUT2D eigenvalue weighted by Gasteiger charge is 2.64. The molecule has 1 aliphatic heterocycles. The summed E-state index contributed by atoms with van der Waals surface area (Å²) in [7, 11) is 2.47. The minimum Gasteiger partial charge on any atom is -0.497 e. The summed E-state index contributed by atoms with van der Waals surface area (Å²) in [5, 5.41) is 7.09. The number of aromatic nitrogens is 2. The molecule has 0 spiro atoms. The van der Waals surface area contributed by atoms with Gasteiger partial charge in [0.1, 0.15) is 5.75 Å². The van der Waals surface area contributed by atoms with Gasteiger partial charge in [0.25, 0.3) is 6.02 Å². The molecule has 0 fully saturated rings. The van der Waals surface area contributed by atoms with E-state index in [1.807, 2.05) is 6.92 Å². The number of carbonyl (C=O) groups excluding carboxylic acids is 1. The van der Waals surface area contributed by atoms with Crippen LogP contribution in [-0.2, 0) is 10.3 Å². The maximum atomic E-state index is 15.5. The third kappa shape index (κ3) is 4.45. The molecule has 1 N–H and O–H groups in total. The Morgan fingerprint density at radius 3 is 2.23 bits per heavy atom. The van der Waals surface area contributed by atoms with E-state index in [9.17, 15) is 4.79 Å². The van der Waals surface area contributed by atoms with Crippen molar-refractivity contribution in [2.24, 2.45) is 4.99 Å². The number of para-hydroxylation sites is 1. The van der Waals surface area contributed by atoms with Crippen LogP contribution in [0.4, 0.5) is 18.9 Å². The molecule has 0 aliphatic carbocycles. The standard InChI is InChI=1S/C28H23F3N4O4/c1-17-9-13-19(14-10-17)32-26-33-27(28(29,30)31,18-11-15-21(37-2)16-12-18)22-23(25(36)38-3)34-35(24(22)39-26)20-7-5-4-6-8-20/h4-16H,1-3H3,(H,32,33)/t27-/m1/s1. The number of nitrogens with one attached hydrogen (secondary N) is 1. The molecule has 4 aromatic rings. The van der Waals surface area contributed by atoms with Crippen LogP contribution in [0.15, 0.2) is 83.9 Å². The molecule has 8 nitrogen and oxygen atoms in total. The highest BCUT2D eigenvalue weighted by molar-refractivity contribution is 5.96. The number of carbonyl (C=O) groups is 1. The number of nitrogens with zero attached hydrogens (tertiary/aromatic N) is 3. The lowest BCUT2D eigenvalue weighted by molar-refractivity contribution is -0.177. The van der Waals surface area contributed by atoms with Gasteiger partial charge in [-0.2, -0.15) is 23.0 Å². The van der Waals surface area contributed by atoms with Gasteiger partial charge in [-0.3, -0.25) is 0 Å². The number of amidine groups is 1. The van der Waals surface area contributed by atoms with E-state index in [1.165, 1.54) is 31.4 Å². The van der Waals surface area contributed by atoms with Crippen LogP contribution in [0.1, 0.15) is 27.2 Å². The Balaban J connectivity index is 1.84. The van der Waals surface area contributed by atoms with Crippen molar-refractivity contribution in [3.8, 4) is 17.3 Å². The number of esters is 1. The summed E-state index contributed by atoms with van der Waals surface area (Å²) >= 11 is 0. The molecule has 39 heavy (non-hydrogen) atoms. The summed E-state index contributed by atoms with van der Waals surface area (Å²) in [4.78, 5) is 17.0. The normalized spacial score (nSPS) is 16.5. The van der Waals surface area contributed by atoms with Crippen LogP contribution in [-0.4, -0.2) is 42.2 Å². The maximum absolute atomic E-state index is 15.5. The SMILES string of the molecule is COC(=O)c1nn(-c2ccccc2)c2c1[C@](c1ccc(OC)cc1)(C(F)(F)F)N=C(Nc1ccc(C)cc1)O2. The second-order valence-electron chi connectivity index (χ2n) is 8.71. The number of aliphatic imine (C=N–C) groups is 1. The molecule has 0 radical (unpaired) electrons. The first-order valence-corrected chi connectivity index (χ1v) is 11.8.